The molecule has 3 aliphatic rings. The van der Waals surface area contributed by atoms with Crippen molar-refractivity contribution in [3.05, 3.63) is 300 Å². The largest absolute Gasteiger partial charge is 0.313 e. The van der Waals surface area contributed by atoms with Gasteiger partial charge in [0.1, 0.15) is 5.82 Å². The normalized spacial score (nSPS) is 12.2. The van der Waals surface area contributed by atoms with Crippen LogP contribution in [0.25, 0.3) is 106 Å². The van der Waals surface area contributed by atoms with Gasteiger partial charge in [-0.3, -0.25) is 0 Å². The second kappa shape index (κ2) is 28.2. The van der Waals surface area contributed by atoms with Crippen LogP contribution in [-0.2, 0) is 12.8 Å². The third kappa shape index (κ3) is 12.4. The van der Waals surface area contributed by atoms with E-state index in [1.165, 1.54) is 129 Å². The predicted octanol–water partition coefficient (Wildman–Crippen LogP) is 24.3. The Labute approximate surface area is 535 Å². The van der Waals surface area contributed by atoms with Crippen molar-refractivity contribution in [2.75, 3.05) is 9.83 Å². The average Bonchev–Trinajstić information content (AvgIpc) is 1.59. The number of halogens is 2. The number of allylic oxidation sites excluding steroid dienone is 8. The van der Waals surface area contributed by atoms with E-state index in [9.17, 15) is 4.39 Å². The van der Waals surface area contributed by atoms with E-state index < -0.39 is 0 Å². The Kier molecular flexibility index (Phi) is 19.9. The number of hydrogen-bond acceptors (Lipinski definition) is 1. The maximum Gasteiger partial charge on any atom is 0.123 e. The van der Waals surface area contributed by atoms with Crippen molar-refractivity contribution < 1.29 is 4.39 Å². The molecule has 2 heterocycles. The summed E-state index contributed by atoms with van der Waals surface area (Å²) in [5.74, 6) is -0.215. The summed E-state index contributed by atoms with van der Waals surface area (Å²) in [6.45, 7) is 24.4. The third-order valence-corrected chi connectivity index (χ3v) is 16.5. The Balaban J connectivity index is 0.000000214. The van der Waals surface area contributed by atoms with Gasteiger partial charge in [-0.2, -0.15) is 0 Å². The summed E-state index contributed by atoms with van der Waals surface area (Å²) in [7, 11) is 0. The summed E-state index contributed by atoms with van der Waals surface area (Å²) >= 11 is 2.15. The van der Waals surface area contributed by atoms with E-state index >= 15 is 0 Å². The fourth-order valence-corrected chi connectivity index (χ4v) is 12.6. The SMILES string of the molecule is C=C(/C=C\C)N(C(/C=C\C)=C(C)C)c1ccccc1.C=C(C)c1cccc(C)c1.CC.CI.Fc1ccc(-c2ccc3c(c2)-c2cccc4c(-n5c6c(c7cc(-c8ccc9c(c8)c8c(n9-c9ccccc9)CCC=C8)ccc75)C=CCC6)ccc-3c24)cc1. The molecule has 0 saturated heterocycles. The number of hydrogen-bond donors (Lipinski definition) is 0. The molecule has 0 saturated carbocycles. The summed E-state index contributed by atoms with van der Waals surface area (Å²) < 4.78 is 18.8. The number of benzene rings is 9. The van der Waals surface area contributed by atoms with Gasteiger partial charge in [-0.25, -0.2) is 4.39 Å². The van der Waals surface area contributed by atoms with Crippen molar-refractivity contribution in [2.45, 2.75) is 81.1 Å². The average molecular weight is 1260 g/mol. The van der Waals surface area contributed by atoms with Crippen LogP contribution in [0.2, 0.25) is 0 Å². The highest BCUT2D eigenvalue weighted by molar-refractivity contribution is 14.1. The van der Waals surface area contributed by atoms with Crippen LogP contribution in [0.5, 0.6) is 0 Å². The Morgan fingerprint density at radius 1 is 0.523 bits per heavy atom. The second-order valence-electron chi connectivity index (χ2n) is 22.4. The van der Waals surface area contributed by atoms with Crippen molar-refractivity contribution in [3.63, 3.8) is 0 Å². The Morgan fingerprint density at radius 2 is 1.07 bits per heavy atom. The zero-order valence-electron chi connectivity index (χ0n) is 52.4. The van der Waals surface area contributed by atoms with Crippen molar-refractivity contribution in [2.24, 2.45) is 0 Å². The van der Waals surface area contributed by atoms with E-state index in [0.29, 0.717) is 0 Å². The number of nitrogens with zero attached hydrogens (tertiary/aromatic N) is 3. The summed E-state index contributed by atoms with van der Waals surface area (Å²) in [5, 5.41) is 5.17. The topological polar surface area (TPSA) is 13.1 Å². The summed E-state index contributed by atoms with van der Waals surface area (Å²) in [4.78, 5) is 4.15. The number of rotatable bonds is 10. The van der Waals surface area contributed by atoms with Crippen LogP contribution in [0.15, 0.2) is 261 Å². The van der Waals surface area contributed by atoms with Crippen LogP contribution in [0, 0.1) is 12.7 Å². The minimum absolute atomic E-state index is 0.215. The van der Waals surface area contributed by atoms with Crippen LogP contribution in [-0.4, -0.2) is 14.1 Å². The molecule has 9 aromatic carbocycles. The molecule has 0 atom stereocenters. The molecule has 0 bridgehead atoms. The fraction of sp³-hybridized carbons (Fsp3) is 0.157. The van der Waals surface area contributed by atoms with Gasteiger partial charge >= 0.3 is 0 Å². The van der Waals surface area contributed by atoms with Gasteiger partial charge in [-0.1, -0.05) is 224 Å². The highest BCUT2D eigenvalue weighted by atomic mass is 127. The van der Waals surface area contributed by atoms with E-state index in [4.69, 9.17) is 0 Å². The molecular formula is C83H79FIN3. The van der Waals surface area contributed by atoms with E-state index in [1.807, 2.05) is 82.0 Å². The molecule has 11 aromatic rings. The first-order chi connectivity index (χ1) is 43.0. The quantitative estimate of drug-likeness (QED) is 0.0756. The molecule has 5 heteroatoms. The number of alkyl halides is 1. The highest BCUT2D eigenvalue weighted by Crippen LogP contribution is 2.51. The first-order valence-corrected chi connectivity index (χ1v) is 32.9. The Hall–Kier alpha value is -9.04. The molecule has 0 radical (unpaired) electrons. The van der Waals surface area contributed by atoms with Crippen LogP contribution in [0.1, 0.15) is 94.9 Å². The van der Waals surface area contributed by atoms with Crippen LogP contribution in [0.4, 0.5) is 10.1 Å². The van der Waals surface area contributed by atoms with E-state index in [-0.39, 0.29) is 5.82 Å². The predicted molar refractivity (Wildman–Crippen MR) is 391 cm³/mol. The maximum atomic E-state index is 13.8. The van der Waals surface area contributed by atoms with Crippen LogP contribution >= 0.6 is 22.6 Å². The highest BCUT2D eigenvalue weighted by Gasteiger charge is 2.27. The van der Waals surface area contributed by atoms with Gasteiger partial charge in [0.25, 0.3) is 0 Å². The molecule has 440 valence electrons. The first-order valence-electron chi connectivity index (χ1n) is 30.8. The number of anilines is 1. The molecule has 3 aliphatic carbocycles. The van der Waals surface area contributed by atoms with Gasteiger partial charge in [0, 0.05) is 61.4 Å². The lowest BCUT2D eigenvalue weighted by atomic mass is 9.97. The first kappa shape index (κ1) is 62.0. The van der Waals surface area contributed by atoms with Crippen molar-refractivity contribution >= 4 is 78.6 Å². The fourth-order valence-electron chi connectivity index (χ4n) is 12.6. The second-order valence-corrected chi connectivity index (χ2v) is 22.4. The van der Waals surface area contributed by atoms with Crippen molar-refractivity contribution in [1.29, 1.82) is 0 Å². The molecule has 0 spiro atoms. The number of para-hydroxylation sites is 2. The molecule has 0 fully saturated rings. The van der Waals surface area contributed by atoms with E-state index in [0.717, 1.165) is 59.5 Å². The minimum atomic E-state index is -0.215. The van der Waals surface area contributed by atoms with Gasteiger partial charge in [-0.05, 0) is 213 Å². The van der Waals surface area contributed by atoms with Gasteiger partial charge < -0.3 is 14.0 Å². The molecule has 2 aromatic heterocycles. The lowest BCUT2D eigenvalue weighted by molar-refractivity contribution is 0.628. The molecule has 0 unspecified atom stereocenters. The van der Waals surface area contributed by atoms with Gasteiger partial charge in [0.2, 0.25) is 0 Å². The zero-order chi connectivity index (χ0) is 62.0. The monoisotopic (exact) mass is 1260 g/mol. The smallest absolute Gasteiger partial charge is 0.123 e. The lowest BCUT2D eigenvalue weighted by Gasteiger charge is -2.27. The number of fused-ring (bicyclic) bond motifs is 9. The zero-order valence-corrected chi connectivity index (χ0v) is 54.6. The lowest BCUT2D eigenvalue weighted by Crippen LogP contribution is -2.20. The molecule has 14 rings (SSSR count). The molecule has 88 heavy (non-hydrogen) atoms. The Bertz CT molecular complexity index is 4520. The van der Waals surface area contributed by atoms with Crippen molar-refractivity contribution in [3.8, 4) is 55.9 Å². The molecule has 0 aliphatic heterocycles. The minimum Gasteiger partial charge on any atom is -0.313 e. The maximum absolute atomic E-state index is 13.8. The van der Waals surface area contributed by atoms with E-state index in [1.54, 1.807) is 0 Å². The summed E-state index contributed by atoms with van der Waals surface area (Å²) in [6, 6.07) is 68.5. The number of aryl methyl sites for hydroxylation is 1. The standard InChI is InChI=1S/C52H35FN2.C18H23N.C10H12.C2H6.CH3I/c53-36-22-17-32(18-23-36)33-19-24-38-42-25-28-49(43-14-8-13-41(52(42)43)44(38)29-33)55-48-16-7-5-12-40(48)46-31-35(21-27-51(46)55)34-20-26-50-45(30-34)39-11-4-6-15-47(39)54(50)37-9-2-1-3-10-37;1-6-11-16(5)19(17-13-9-8-10-14-17)18(12-7-2)15(3)4;1-8(2)10-6-4-5-9(3)7-10;2*1-2/h1-5,8-14,17-31H,6-7,15-16H2;6-14H,5H2,1-4H3;4-7H,1H2,2-3H3;1-2H3;1H3/b;11-6-,12-7-;;;. The molecular weight excluding hydrogens is 1180 g/mol. The van der Waals surface area contributed by atoms with E-state index in [2.05, 4.69) is 259 Å². The van der Waals surface area contributed by atoms with Crippen molar-refractivity contribution in [1.82, 2.24) is 9.13 Å². The van der Waals surface area contributed by atoms with Gasteiger partial charge in [-0.15, -0.1) is 0 Å². The Morgan fingerprint density at radius 3 is 1.66 bits per heavy atom. The number of aromatic nitrogens is 2. The molecule has 0 N–H and O–H groups in total. The summed E-state index contributed by atoms with van der Waals surface area (Å²) in [5.41, 5.74) is 28.2. The molecule has 3 nitrogen and oxygen atoms in total. The van der Waals surface area contributed by atoms with Gasteiger partial charge in [0.15, 0.2) is 0 Å². The van der Waals surface area contributed by atoms with Crippen LogP contribution < -0.4 is 4.90 Å². The third-order valence-electron chi connectivity index (χ3n) is 16.5. The van der Waals surface area contributed by atoms with Gasteiger partial charge in [0.05, 0.1) is 16.7 Å². The molecule has 0 amide bonds. The summed E-state index contributed by atoms with van der Waals surface area (Å²) in [6.07, 6.45) is 21.7. The van der Waals surface area contributed by atoms with Crippen LogP contribution in [0.3, 0.4) is 0 Å².